The van der Waals surface area contributed by atoms with Crippen molar-refractivity contribution in [2.24, 2.45) is 5.92 Å². The molecule has 246 valence electrons. The van der Waals surface area contributed by atoms with Crippen molar-refractivity contribution in [3.05, 3.63) is 107 Å². The van der Waals surface area contributed by atoms with Gasteiger partial charge in [-0.2, -0.15) is 0 Å². The third-order valence-corrected chi connectivity index (χ3v) is 8.92. The number of aromatic nitrogens is 4. The van der Waals surface area contributed by atoms with Crippen LogP contribution in [0.1, 0.15) is 30.0 Å². The Balaban J connectivity index is 1.15. The van der Waals surface area contributed by atoms with Gasteiger partial charge in [0, 0.05) is 56.5 Å². The molecule has 14 heteroatoms. The van der Waals surface area contributed by atoms with Crippen LogP contribution in [0.15, 0.2) is 84.3 Å². The van der Waals surface area contributed by atoms with Crippen LogP contribution in [0, 0.1) is 11.7 Å². The molecule has 0 unspecified atom stereocenters. The molecule has 2 aromatic heterocycles. The highest BCUT2D eigenvalue weighted by Crippen LogP contribution is 2.41. The van der Waals surface area contributed by atoms with E-state index in [1.54, 1.807) is 18.6 Å². The number of nitrogens with two attached hydrogens (primary N) is 1. The van der Waals surface area contributed by atoms with E-state index < -0.39 is 59.9 Å². The summed E-state index contributed by atoms with van der Waals surface area (Å²) in [6.07, 6.45) is 5.86. The highest BCUT2D eigenvalue weighted by molar-refractivity contribution is 5.80. The van der Waals surface area contributed by atoms with Crippen LogP contribution in [0.3, 0.4) is 0 Å². The molecule has 4 aromatic rings. The van der Waals surface area contributed by atoms with Gasteiger partial charge in [0.05, 0.1) is 18.8 Å². The topological polar surface area (TPSA) is 140 Å². The standard InChI is InChI=1S/C33H34F3N7O4/c34-23-6-8-25(9-7-23)47-29-28(37)31(45)43(21-40-29)19-32(46)11-15-42(20-33(32,35)36)30(44)26-10-14-41(17-24-16-38-12-13-39-24)18-27(26)22-4-2-1-3-5-22/h1-9,12-13,16,21,26-27,46H,10-11,14-15,17-20,37H2/t26-,27+,32+/m1/s1. The van der Waals surface area contributed by atoms with E-state index in [1.807, 2.05) is 30.3 Å². The number of aliphatic hydroxyl groups is 1. The molecule has 11 nitrogen and oxygen atoms in total. The lowest BCUT2D eigenvalue weighted by Gasteiger charge is -2.46. The number of alkyl halides is 2. The number of carbonyl (C=O) groups is 1. The highest BCUT2D eigenvalue weighted by Gasteiger charge is 2.57. The van der Waals surface area contributed by atoms with Gasteiger partial charge in [-0.25, -0.2) is 18.2 Å². The average Bonchev–Trinajstić information content (AvgIpc) is 3.07. The summed E-state index contributed by atoms with van der Waals surface area (Å²) < 4.78 is 51.0. The molecule has 3 atom stereocenters. The largest absolute Gasteiger partial charge is 0.437 e. The van der Waals surface area contributed by atoms with Crippen molar-refractivity contribution in [1.82, 2.24) is 29.3 Å². The summed E-state index contributed by atoms with van der Waals surface area (Å²) in [5.41, 5.74) is 3.63. The van der Waals surface area contributed by atoms with Gasteiger partial charge in [0.1, 0.15) is 23.5 Å². The van der Waals surface area contributed by atoms with Crippen LogP contribution in [0.2, 0.25) is 0 Å². The first-order valence-electron chi connectivity index (χ1n) is 15.2. The van der Waals surface area contributed by atoms with Gasteiger partial charge in [-0.15, -0.1) is 0 Å². The Morgan fingerprint density at radius 3 is 2.53 bits per heavy atom. The number of hydrogen-bond donors (Lipinski definition) is 2. The summed E-state index contributed by atoms with van der Waals surface area (Å²) >= 11 is 0. The summed E-state index contributed by atoms with van der Waals surface area (Å²) in [6.45, 7) is -0.290. The molecule has 2 saturated heterocycles. The third-order valence-electron chi connectivity index (χ3n) is 8.92. The van der Waals surface area contributed by atoms with Gasteiger partial charge >= 0.3 is 0 Å². The zero-order valence-corrected chi connectivity index (χ0v) is 25.4. The molecule has 0 aliphatic carbocycles. The maximum atomic E-state index is 15.8. The molecule has 0 saturated carbocycles. The number of nitrogens with zero attached hydrogens (tertiary/aromatic N) is 6. The van der Waals surface area contributed by atoms with Crippen molar-refractivity contribution in [2.75, 3.05) is 31.9 Å². The van der Waals surface area contributed by atoms with E-state index in [4.69, 9.17) is 10.5 Å². The van der Waals surface area contributed by atoms with Crippen LogP contribution in [-0.2, 0) is 17.9 Å². The Bertz CT molecular complexity index is 1760. The van der Waals surface area contributed by atoms with E-state index in [9.17, 15) is 19.1 Å². The summed E-state index contributed by atoms with van der Waals surface area (Å²) in [5.74, 6) is -5.56. The van der Waals surface area contributed by atoms with E-state index in [-0.39, 0.29) is 24.1 Å². The van der Waals surface area contributed by atoms with Crippen LogP contribution in [0.4, 0.5) is 18.9 Å². The maximum Gasteiger partial charge on any atom is 0.295 e. The first-order chi connectivity index (χ1) is 22.5. The average molecular weight is 650 g/mol. The molecular formula is C33H34F3N7O4. The van der Waals surface area contributed by atoms with E-state index in [1.165, 1.54) is 12.1 Å². The number of amides is 1. The quantitative estimate of drug-likeness (QED) is 0.294. The SMILES string of the molecule is Nc1c(Oc2ccc(F)cc2)ncn(C[C@@]2(O)CCN(C(=O)[C@@H]3CCN(Cc4cnccn4)C[C@H]3c3ccccc3)CC2(F)F)c1=O. The molecule has 2 aromatic carbocycles. The Morgan fingerprint density at radius 1 is 1.06 bits per heavy atom. The molecule has 6 rings (SSSR count). The number of rotatable bonds is 8. The molecular weight excluding hydrogens is 615 g/mol. The van der Waals surface area contributed by atoms with E-state index in [0.29, 0.717) is 26.1 Å². The van der Waals surface area contributed by atoms with Gasteiger partial charge in [-0.3, -0.25) is 29.0 Å². The maximum absolute atomic E-state index is 15.8. The van der Waals surface area contributed by atoms with Gasteiger partial charge in [0.25, 0.3) is 11.5 Å². The molecule has 3 N–H and O–H groups in total. The minimum Gasteiger partial charge on any atom is -0.437 e. The smallest absolute Gasteiger partial charge is 0.295 e. The lowest BCUT2D eigenvalue weighted by molar-refractivity contribution is -0.223. The number of anilines is 1. The molecule has 0 radical (unpaired) electrons. The van der Waals surface area contributed by atoms with Crippen molar-refractivity contribution in [3.8, 4) is 11.6 Å². The second-order valence-electron chi connectivity index (χ2n) is 12.0. The summed E-state index contributed by atoms with van der Waals surface area (Å²) in [5, 5.41) is 11.2. The molecule has 2 fully saturated rings. The molecule has 4 heterocycles. The number of nitrogen functional groups attached to an aromatic ring is 1. The molecule has 0 spiro atoms. The monoisotopic (exact) mass is 649 g/mol. The number of piperidine rings is 2. The van der Waals surface area contributed by atoms with E-state index in [0.717, 1.165) is 39.2 Å². The van der Waals surface area contributed by atoms with Gasteiger partial charge < -0.3 is 20.5 Å². The molecule has 1 amide bonds. The minimum absolute atomic E-state index is 0.129. The van der Waals surface area contributed by atoms with Crippen molar-refractivity contribution < 1.29 is 27.8 Å². The number of hydrogen-bond acceptors (Lipinski definition) is 9. The fraction of sp³-hybridized carbons (Fsp3) is 0.364. The van der Waals surface area contributed by atoms with Crippen LogP contribution in [0.25, 0.3) is 0 Å². The van der Waals surface area contributed by atoms with Crippen molar-refractivity contribution in [2.45, 2.75) is 43.4 Å². The lowest BCUT2D eigenvalue weighted by atomic mass is 9.78. The number of halogens is 3. The second-order valence-corrected chi connectivity index (χ2v) is 12.0. The van der Waals surface area contributed by atoms with Crippen LogP contribution in [0.5, 0.6) is 11.6 Å². The van der Waals surface area contributed by atoms with Crippen LogP contribution in [-0.4, -0.2) is 78.0 Å². The fourth-order valence-corrected chi connectivity index (χ4v) is 6.30. The predicted octanol–water partition coefficient (Wildman–Crippen LogP) is 3.45. The van der Waals surface area contributed by atoms with Gasteiger partial charge in [-0.1, -0.05) is 30.3 Å². The highest BCUT2D eigenvalue weighted by atomic mass is 19.3. The Labute approximate surface area is 268 Å². The van der Waals surface area contributed by atoms with Gasteiger partial charge in [0.2, 0.25) is 11.8 Å². The summed E-state index contributed by atoms with van der Waals surface area (Å²) in [4.78, 5) is 42.7. The molecule has 47 heavy (non-hydrogen) atoms. The molecule has 2 aliphatic heterocycles. The Hall–Kier alpha value is -4.82. The second kappa shape index (κ2) is 13.1. The third kappa shape index (κ3) is 6.83. The summed E-state index contributed by atoms with van der Waals surface area (Å²) in [7, 11) is 0. The molecule has 2 aliphatic rings. The number of benzene rings is 2. The van der Waals surface area contributed by atoms with Gasteiger partial charge in [-0.05, 0) is 42.8 Å². The minimum atomic E-state index is -3.76. The van der Waals surface area contributed by atoms with E-state index >= 15 is 8.78 Å². The number of ether oxygens (including phenoxy) is 1. The lowest BCUT2D eigenvalue weighted by Crippen LogP contribution is -2.64. The van der Waals surface area contributed by atoms with Gasteiger partial charge in [0.15, 0.2) is 5.69 Å². The zero-order chi connectivity index (χ0) is 33.2. The number of carbonyl (C=O) groups excluding carboxylic acids is 1. The van der Waals surface area contributed by atoms with Crippen molar-refractivity contribution in [3.63, 3.8) is 0 Å². The zero-order valence-electron chi connectivity index (χ0n) is 25.4. The first kappa shape index (κ1) is 32.1. The predicted molar refractivity (Wildman–Crippen MR) is 165 cm³/mol. The van der Waals surface area contributed by atoms with Crippen LogP contribution >= 0.6 is 0 Å². The fourth-order valence-electron chi connectivity index (χ4n) is 6.30. The van der Waals surface area contributed by atoms with Crippen molar-refractivity contribution in [1.29, 1.82) is 0 Å². The van der Waals surface area contributed by atoms with Crippen LogP contribution < -0.4 is 16.0 Å². The number of likely N-dealkylation sites (tertiary alicyclic amines) is 2. The first-order valence-corrected chi connectivity index (χ1v) is 15.2. The summed E-state index contributed by atoms with van der Waals surface area (Å²) in [6, 6.07) is 14.4. The normalized spacial score (nSPS) is 22.9. The Morgan fingerprint density at radius 2 is 1.83 bits per heavy atom. The van der Waals surface area contributed by atoms with Crippen molar-refractivity contribution >= 4 is 11.6 Å². The van der Waals surface area contributed by atoms with E-state index in [2.05, 4.69) is 19.9 Å². The molecule has 0 bridgehead atoms. The Kier molecular flexibility index (Phi) is 8.97.